The highest BCUT2D eigenvalue weighted by atomic mass is 16.4. The van der Waals surface area contributed by atoms with Crippen LogP contribution in [0.3, 0.4) is 0 Å². The molecular formula is C27H36N8O6. The summed E-state index contributed by atoms with van der Waals surface area (Å²) < 4.78 is 0. The minimum atomic E-state index is -1.43. The first kappa shape index (κ1) is 30.8. The second kappa shape index (κ2) is 14.1. The maximum atomic E-state index is 13.3. The van der Waals surface area contributed by atoms with E-state index in [9.17, 15) is 29.1 Å². The van der Waals surface area contributed by atoms with Crippen molar-refractivity contribution in [2.75, 3.05) is 0 Å². The summed E-state index contributed by atoms with van der Waals surface area (Å²) in [5.41, 5.74) is 13.6. The molecule has 2 heterocycles. The lowest BCUT2D eigenvalue weighted by Gasteiger charge is -2.26. The molecule has 3 rings (SSSR count). The topological polar surface area (TPSA) is 238 Å². The molecule has 3 aromatic rings. The number of benzene rings is 1. The quantitative estimate of drug-likeness (QED) is 0.118. The van der Waals surface area contributed by atoms with Crippen molar-refractivity contribution in [3.63, 3.8) is 0 Å². The Kier molecular flexibility index (Phi) is 10.6. The third-order valence-corrected chi connectivity index (χ3v) is 6.88. The Labute approximate surface area is 236 Å². The molecule has 220 valence electrons. The van der Waals surface area contributed by atoms with Crippen molar-refractivity contribution in [3.8, 4) is 0 Å². The normalized spacial score (nSPS) is 14.8. The van der Waals surface area contributed by atoms with Gasteiger partial charge >= 0.3 is 5.97 Å². The van der Waals surface area contributed by atoms with Gasteiger partial charge in [0.05, 0.1) is 18.8 Å². The van der Waals surface area contributed by atoms with Crippen molar-refractivity contribution < 1.29 is 29.1 Å². The highest BCUT2D eigenvalue weighted by molar-refractivity contribution is 5.96. The number of H-pyrrole nitrogens is 2. The Hall–Kier alpha value is -4.72. The number of aromatic amines is 2. The first-order valence-corrected chi connectivity index (χ1v) is 13.2. The Morgan fingerprint density at radius 1 is 0.976 bits per heavy atom. The standard InChI is InChI=1S/C27H36N8O6/c1-3-14(2)23(27(40)41)35-26(39)20(9-16-12-30-13-32-16)34-25(38)21(10-22(29)36)33-24(37)18(28)8-15-11-31-19-7-5-4-6-17(15)19/h4-7,11-14,18,20-21,23,31H,3,8-10,28H2,1-2H3,(H2,29,36)(H,30,32)(H,33,37)(H,34,38)(H,35,39)(H,40,41). The van der Waals surface area contributed by atoms with E-state index in [2.05, 4.69) is 30.9 Å². The fraction of sp³-hybridized carbons (Fsp3) is 0.407. The molecule has 0 radical (unpaired) electrons. The SMILES string of the molecule is CCC(C)C(NC(=O)C(Cc1cnc[nH]1)NC(=O)C(CC(N)=O)NC(=O)C(N)Cc1c[nH]c2ccccc12)C(=O)O. The van der Waals surface area contributed by atoms with Crippen LogP contribution in [0.4, 0.5) is 0 Å². The summed E-state index contributed by atoms with van der Waals surface area (Å²) in [5.74, 6) is -4.81. The average molecular weight is 569 g/mol. The molecule has 14 heteroatoms. The fourth-order valence-corrected chi connectivity index (χ4v) is 4.35. The van der Waals surface area contributed by atoms with Crippen molar-refractivity contribution in [1.82, 2.24) is 30.9 Å². The van der Waals surface area contributed by atoms with E-state index in [-0.39, 0.29) is 18.8 Å². The van der Waals surface area contributed by atoms with E-state index in [1.807, 2.05) is 24.3 Å². The number of carboxylic acid groups (broad SMARTS) is 1. The lowest BCUT2D eigenvalue weighted by atomic mass is 9.98. The van der Waals surface area contributed by atoms with Gasteiger partial charge in [0.2, 0.25) is 23.6 Å². The predicted octanol–water partition coefficient (Wildman–Crippen LogP) is -0.536. The van der Waals surface area contributed by atoms with Crippen LogP contribution in [0.1, 0.15) is 37.9 Å². The Morgan fingerprint density at radius 3 is 2.29 bits per heavy atom. The molecule has 0 saturated heterocycles. The minimum Gasteiger partial charge on any atom is -0.480 e. The summed E-state index contributed by atoms with van der Waals surface area (Å²) in [4.78, 5) is 72.8. The number of aromatic nitrogens is 3. The maximum Gasteiger partial charge on any atom is 0.326 e. The van der Waals surface area contributed by atoms with Crippen LogP contribution in [0, 0.1) is 5.92 Å². The lowest BCUT2D eigenvalue weighted by Crippen LogP contribution is -2.59. The molecule has 14 nitrogen and oxygen atoms in total. The molecule has 5 atom stereocenters. The third kappa shape index (κ3) is 8.38. The molecule has 1 aromatic carbocycles. The number of hydrogen-bond donors (Lipinski definition) is 8. The molecule has 0 fully saturated rings. The zero-order valence-corrected chi connectivity index (χ0v) is 22.8. The number of nitrogens with two attached hydrogens (primary N) is 2. The molecule has 2 aromatic heterocycles. The number of nitrogens with zero attached hydrogens (tertiary/aromatic N) is 1. The number of carbonyl (C=O) groups excluding carboxylic acids is 4. The summed E-state index contributed by atoms with van der Waals surface area (Å²) in [7, 11) is 0. The van der Waals surface area contributed by atoms with E-state index in [0.717, 1.165) is 16.5 Å². The highest BCUT2D eigenvalue weighted by Gasteiger charge is 2.33. The van der Waals surface area contributed by atoms with Gasteiger partial charge in [0, 0.05) is 35.4 Å². The van der Waals surface area contributed by atoms with E-state index < -0.39 is 60.2 Å². The van der Waals surface area contributed by atoms with Gasteiger partial charge in [0.15, 0.2) is 0 Å². The van der Waals surface area contributed by atoms with E-state index in [1.54, 1.807) is 20.0 Å². The van der Waals surface area contributed by atoms with Gasteiger partial charge in [-0.25, -0.2) is 9.78 Å². The number of primary amides is 1. The van der Waals surface area contributed by atoms with Crippen molar-refractivity contribution in [2.45, 2.75) is 63.7 Å². The van der Waals surface area contributed by atoms with Crippen LogP contribution in [0.15, 0.2) is 43.0 Å². The van der Waals surface area contributed by atoms with Gasteiger partial charge in [-0.15, -0.1) is 0 Å². The summed E-state index contributed by atoms with van der Waals surface area (Å²) in [5, 5.41) is 18.0. The number of carbonyl (C=O) groups is 5. The second-order valence-electron chi connectivity index (χ2n) is 9.95. The minimum absolute atomic E-state index is 0.0677. The number of amides is 4. The van der Waals surface area contributed by atoms with Crippen molar-refractivity contribution in [1.29, 1.82) is 0 Å². The van der Waals surface area contributed by atoms with Crippen LogP contribution >= 0.6 is 0 Å². The third-order valence-electron chi connectivity index (χ3n) is 6.88. The summed E-state index contributed by atoms with van der Waals surface area (Å²) in [6, 6.07) is 2.54. The van der Waals surface area contributed by atoms with Gasteiger partial charge in [-0.3, -0.25) is 19.2 Å². The Balaban J connectivity index is 1.74. The van der Waals surface area contributed by atoms with Gasteiger partial charge in [0.1, 0.15) is 18.1 Å². The summed E-state index contributed by atoms with van der Waals surface area (Å²) in [6.45, 7) is 3.47. The number of rotatable bonds is 15. The Bertz CT molecular complexity index is 1370. The predicted molar refractivity (Wildman–Crippen MR) is 149 cm³/mol. The summed E-state index contributed by atoms with van der Waals surface area (Å²) in [6.07, 6.45) is 4.59. The van der Waals surface area contributed by atoms with Gasteiger partial charge < -0.3 is 42.5 Å². The highest BCUT2D eigenvalue weighted by Crippen LogP contribution is 2.19. The molecule has 0 bridgehead atoms. The van der Waals surface area contributed by atoms with Crippen LogP contribution < -0.4 is 27.4 Å². The number of para-hydroxylation sites is 1. The molecule has 0 saturated carbocycles. The van der Waals surface area contributed by atoms with Crippen LogP contribution in [-0.2, 0) is 36.8 Å². The van der Waals surface area contributed by atoms with Gasteiger partial charge in [0.25, 0.3) is 0 Å². The monoisotopic (exact) mass is 568 g/mol. The molecule has 4 amide bonds. The fourth-order valence-electron chi connectivity index (χ4n) is 4.35. The van der Waals surface area contributed by atoms with Gasteiger partial charge in [-0.05, 0) is 24.0 Å². The van der Waals surface area contributed by atoms with E-state index in [1.165, 1.54) is 12.5 Å². The second-order valence-corrected chi connectivity index (χ2v) is 9.95. The van der Waals surface area contributed by atoms with Crippen molar-refractivity contribution >= 4 is 40.5 Å². The maximum absolute atomic E-state index is 13.3. The van der Waals surface area contributed by atoms with Crippen LogP contribution in [0.2, 0.25) is 0 Å². The Morgan fingerprint density at radius 2 is 1.66 bits per heavy atom. The van der Waals surface area contributed by atoms with Gasteiger partial charge in [-0.2, -0.15) is 0 Å². The summed E-state index contributed by atoms with van der Waals surface area (Å²) >= 11 is 0. The molecular weight excluding hydrogens is 532 g/mol. The van der Waals surface area contributed by atoms with Crippen LogP contribution in [0.25, 0.3) is 10.9 Å². The number of aliphatic carboxylic acids is 1. The number of carboxylic acids is 1. The van der Waals surface area contributed by atoms with Crippen molar-refractivity contribution in [3.05, 3.63) is 54.2 Å². The molecule has 10 N–H and O–H groups in total. The largest absolute Gasteiger partial charge is 0.480 e. The van der Waals surface area contributed by atoms with Gasteiger partial charge in [-0.1, -0.05) is 38.5 Å². The molecule has 0 spiro atoms. The average Bonchev–Trinajstić information content (AvgIpc) is 3.60. The van der Waals surface area contributed by atoms with E-state index >= 15 is 0 Å². The number of fused-ring (bicyclic) bond motifs is 1. The number of hydrogen-bond acceptors (Lipinski definition) is 7. The lowest BCUT2D eigenvalue weighted by molar-refractivity contribution is -0.144. The van der Waals surface area contributed by atoms with Crippen LogP contribution in [-0.4, -0.2) is 73.8 Å². The van der Waals surface area contributed by atoms with Crippen LogP contribution in [0.5, 0.6) is 0 Å². The first-order valence-electron chi connectivity index (χ1n) is 13.2. The van der Waals surface area contributed by atoms with Crippen molar-refractivity contribution in [2.24, 2.45) is 17.4 Å². The first-order chi connectivity index (χ1) is 19.5. The molecule has 0 aliphatic heterocycles. The molecule has 41 heavy (non-hydrogen) atoms. The van der Waals surface area contributed by atoms with E-state index in [4.69, 9.17) is 11.5 Å². The van der Waals surface area contributed by atoms with E-state index in [0.29, 0.717) is 12.1 Å². The zero-order valence-electron chi connectivity index (χ0n) is 22.8. The zero-order chi connectivity index (χ0) is 30.1. The molecule has 0 aliphatic carbocycles. The number of nitrogens with one attached hydrogen (secondary N) is 5. The number of imidazole rings is 1. The smallest absolute Gasteiger partial charge is 0.326 e. The molecule has 0 aliphatic rings. The molecule has 5 unspecified atom stereocenters.